The smallest absolute Gasteiger partial charge is 0.383 e. The molecular formula is C57H47N24Zn2-. The van der Waals surface area contributed by atoms with Crippen molar-refractivity contribution in [1.82, 2.24) is 70.4 Å². The van der Waals surface area contributed by atoms with Crippen molar-refractivity contribution >= 4 is 91.8 Å². The Hall–Kier alpha value is -10.3. The molecule has 0 aliphatic carbocycles. The zero-order chi connectivity index (χ0) is 53.1. The fourth-order valence-electron chi connectivity index (χ4n) is 10.4. The van der Waals surface area contributed by atoms with Crippen LogP contribution in [0.3, 0.4) is 0 Å². The molecule has 400 valence electrons. The van der Waals surface area contributed by atoms with Gasteiger partial charge < -0.3 is 69.2 Å². The molecule has 16 rings (SSSR count). The van der Waals surface area contributed by atoms with Crippen molar-refractivity contribution in [3.8, 4) is 0 Å². The summed E-state index contributed by atoms with van der Waals surface area (Å²) in [6.07, 6.45) is 6.88. The van der Waals surface area contributed by atoms with Crippen molar-refractivity contribution in [3.05, 3.63) is 235 Å². The summed E-state index contributed by atoms with van der Waals surface area (Å²) in [7, 11) is 0. The molecule has 0 amide bonds. The molecule has 26 heteroatoms. The van der Waals surface area contributed by atoms with E-state index in [2.05, 4.69) is 91.7 Å². The van der Waals surface area contributed by atoms with Gasteiger partial charge in [-0.3, -0.25) is 30.6 Å². The number of para-hydroxylation sites is 8. The average Bonchev–Trinajstić information content (AvgIpc) is 1.88. The average molecular weight is 1200 g/mol. The molecule has 0 unspecified atom stereocenters. The summed E-state index contributed by atoms with van der Waals surface area (Å²) in [5.74, 6) is 3.59. The number of guanidine groups is 4. The topological polar surface area (TPSA) is 316 Å². The van der Waals surface area contributed by atoms with Crippen LogP contribution in [-0.2, 0) is 61.6 Å². The maximum Gasteiger partial charge on any atom is 2.00 e. The van der Waals surface area contributed by atoms with Gasteiger partial charge in [0.05, 0.1) is 66.9 Å². The Morgan fingerprint density at radius 1 is 0.349 bits per heavy atom. The van der Waals surface area contributed by atoms with Crippen molar-refractivity contribution in [2.45, 2.75) is 22.7 Å². The van der Waals surface area contributed by atoms with E-state index in [0.29, 0.717) is 70.4 Å². The number of rotatable bonds is 8. The van der Waals surface area contributed by atoms with E-state index in [0.717, 1.165) is 44.1 Å². The monoisotopic (exact) mass is 1200 g/mol. The summed E-state index contributed by atoms with van der Waals surface area (Å²) >= 11 is 0. The maximum absolute atomic E-state index is 5.08. The Kier molecular flexibility index (Phi) is 13.7. The summed E-state index contributed by atoms with van der Waals surface area (Å²) in [4.78, 5) is 70.7. The number of pyridine rings is 4. The third kappa shape index (κ3) is 9.09. The van der Waals surface area contributed by atoms with E-state index in [1.807, 2.05) is 170 Å². The van der Waals surface area contributed by atoms with E-state index >= 15 is 0 Å². The second-order valence-electron chi connectivity index (χ2n) is 18.8. The molecule has 0 fully saturated rings. The van der Waals surface area contributed by atoms with Crippen LogP contribution in [-0.4, -0.2) is 83.6 Å². The third-order valence-corrected chi connectivity index (χ3v) is 13.8. The molecule has 0 saturated heterocycles. The minimum atomic E-state index is -1.31. The standard InChI is InChI=1S/2C28H21N12.CH3.2Zn.H2/c2*1-2-10-18-17(9-1)31-23(32-18)35-25-37-27(21-13-5-7-15-29-21)28(38-25,22-14-6-8-16-30-22)40-26(39-27)36-24-33-19-11-3-4-12-20(19)34-24;;;;/h2*1-16H,(H5-,31,32,33,34,35,36,37,38,39,40);1H3;;;1H/q3*-1;;+2;/t2*27-,28+;;;;. The molecule has 0 bridgehead atoms. The second kappa shape index (κ2) is 21.3. The Morgan fingerprint density at radius 2 is 0.639 bits per heavy atom. The first-order chi connectivity index (χ1) is 39.4. The van der Waals surface area contributed by atoms with Gasteiger partial charge in [-0.05, 0) is 97.1 Å². The molecule has 12 heterocycles. The SMILES string of the molecule is [CH3-].[HH].[Zn+2].[Zn].c1ccc([C@]23N=C(Nc4nc5ccccc5[nH]4)N[C@@]2(c2ccccn2)N=C(Nc2nc4ccccc4[nH]2)[N-]3)nc1.c1ccc([C@]23N=C(Nc4nc5ccccc5[nH]4)N[C@@]2(c2ccccn2)N=C(Nc2nc4ccccc4[nH]2)[N-]3)nc1. The fraction of sp³-hybridized carbons (Fsp3) is 0.0702. The third-order valence-electron chi connectivity index (χ3n) is 13.8. The molecule has 4 atom stereocenters. The van der Waals surface area contributed by atoms with Crippen LogP contribution in [0.1, 0.15) is 24.2 Å². The Morgan fingerprint density at radius 3 is 0.940 bits per heavy atom. The summed E-state index contributed by atoms with van der Waals surface area (Å²) in [6, 6.07) is 53.8. The van der Waals surface area contributed by atoms with Crippen molar-refractivity contribution in [1.29, 1.82) is 0 Å². The number of aromatic nitrogens is 12. The first-order valence-corrected chi connectivity index (χ1v) is 25.4. The van der Waals surface area contributed by atoms with Gasteiger partial charge >= 0.3 is 19.5 Å². The second-order valence-corrected chi connectivity index (χ2v) is 18.8. The van der Waals surface area contributed by atoms with Gasteiger partial charge in [-0.25, -0.2) is 29.9 Å². The maximum atomic E-state index is 5.08. The number of nitrogens with zero attached hydrogens (tertiary/aromatic N) is 14. The van der Waals surface area contributed by atoms with E-state index in [1.54, 1.807) is 24.8 Å². The predicted molar refractivity (Wildman–Crippen MR) is 314 cm³/mol. The quantitative estimate of drug-likeness (QED) is 0.0501. The number of hydrogen-bond donors (Lipinski definition) is 10. The number of fused-ring (bicyclic) bond motifs is 6. The number of benzene rings is 4. The van der Waals surface area contributed by atoms with Gasteiger partial charge in [0.2, 0.25) is 23.8 Å². The molecule has 4 aromatic carbocycles. The van der Waals surface area contributed by atoms with Gasteiger partial charge in [-0.2, -0.15) is 0 Å². The van der Waals surface area contributed by atoms with Crippen LogP contribution < -0.4 is 31.9 Å². The van der Waals surface area contributed by atoms with E-state index < -0.39 is 22.7 Å². The van der Waals surface area contributed by atoms with Crippen LogP contribution in [0.4, 0.5) is 23.8 Å². The Bertz CT molecular complexity index is 3740. The van der Waals surface area contributed by atoms with Crippen molar-refractivity contribution in [2.75, 3.05) is 21.3 Å². The van der Waals surface area contributed by atoms with Gasteiger partial charge in [0.15, 0.2) is 22.7 Å². The first kappa shape index (κ1) is 53.3. The number of imidazole rings is 4. The van der Waals surface area contributed by atoms with Gasteiger partial charge in [-0.15, -0.1) is 0 Å². The molecule has 4 aliphatic heterocycles. The minimum Gasteiger partial charge on any atom is -0.383 e. The molecule has 83 heavy (non-hydrogen) atoms. The number of aliphatic imine (C=N–C) groups is 4. The summed E-state index contributed by atoms with van der Waals surface area (Å²) in [5.41, 5.74) is 4.26. The molecule has 0 saturated carbocycles. The van der Waals surface area contributed by atoms with Crippen LogP contribution >= 0.6 is 0 Å². The normalized spacial score (nSPS) is 20.6. The number of nitrogens with one attached hydrogen (secondary N) is 10. The Labute approximate surface area is 499 Å². The van der Waals surface area contributed by atoms with Crippen LogP contribution in [0.2, 0.25) is 0 Å². The molecule has 4 aliphatic rings. The van der Waals surface area contributed by atoms with Gasteiger partial charge in [-0.1, -0.05) is 72.8 Å². The van der Waals surface area contributed by atoms with E-state index in [-0.39, 0.29) is 47.8 Å². The first-order valence-electron chi connectivity index (χ1n) is 25.4. The van der Waals surface area contributed by atoms with E-state index in [9.17, 15) is 0 Å². The van der Waals surface area contributed by atoms with Crippen LogP contribution in [0.5, 0.6) is 0 Å². The largest absolute Gasteiger partial charge is 2.00 e. The molecule has 0 spiro atoms. The fourth-order valence-corrected chi connectivity index (χ4v) is 10.4. The van der Waals surface area contributed by atoms with Gasteiger partial charge in [0.1, 0.15) is 11.9 Å². The van der Waals surface area contributed by atoms with Crippen molar-refractivity contribution < 1.29 is 40.4 Å². The zero-order valence-corrected chi connectivity index (χ0v) is 50.1. The summed E-state index contributed by atoms with van der Waals surface area (Å²) < 4.78 is 0. The molecule has 8 aromatic heterocycles. The number of anilines is 4. The van der Waals surface area contributed by atoms with Gasteiger partial charge in [0, 0.05) is 57.6 Å². The van der Waals surface area contributed by atoms with Crippen LogP contribution in [0, 0.1) is 7.43 Å². The molecular weight excluding hydrogens is 1150 g/mol. The number of aromatic amines is 4. The van der Waals surface area contributed by atoms with E-state index in [4.69, 9.17) is 30.6 Å². The summed E-state index contributed by atoms with van der Waals surface area (Å²) in [5, 5.41) is 30.1. The minimum absolute atomic E-state index is 0. The zero-order valence-electron chi connectivity index (χ0n) is 44.2. The molecule has 24 nitrogen and oxygen atoms in total. The summed E-state index contributed by atoms with van der Waals surface area (Å²) in [6.45, 7) is 0. The van der Waals surface area contributed by atoms with Crippen LogP contribution in [0.15, 0.2) is 215 Å². The number of H-pyrrole nitrogens is 4. The van der Waals surface area contributed by atoms with Crippen molar-refractivity contribution in [3.63, 3.8) is 0 Å². The molecule has 10 N–H and O–H groups in total. The van der Waals surface area contributed by atoms with Crippen molar-refractivity contribution in [2.24, 2.45) is 20.0 Å². The van der Waals surface area contributed by atoms with Gasteiger partial charge in [0.25, 0.3) is 0 Å². The van der Waals surface area contributed by atoms with Crippen LogP contribution in [0.25, 0.3) is 54.8 Å². The predicted octanol–water partition coefficient (Wildman–Crippen LogP) is 9.01. The Balaban J connectivity index is 0.000000167. The molecule has 0 radical (unpaired) electrons. The van der Waals surface area contributed by atoms with E-state index in [1.165, 1.54) is 0 Å². The molecule has 12 aromatic rings. The number of hydrogen-bond acceptors (Lipinski definition) is 18.